The van der Waals surface area contributed by atoms with Gasteiger partial charge in [0.1, 0.15) is 5.69 Å². The number of nitrogens with one attached hydrogen (secondary N) is 1. The van der Waals surface area contributed by atoms with Crippen molar-refractivity contribution in [2.75, 3.05) is 13.1 Å². The Morgan fingerprint density at radius 1 is 1.43 bits per heavy atom. The van der Waals surface area contributed by atoms with Crippen molar-refractivity contribution in [1.29, 1.82) is 0 Å². The van der Waals surface area contributed by atoms with E-state index in [1.54, 1.807) is 24.4 Å². The van der Waals surface area contributed by atoms with Crippen LogP contribution in [0.1, 0.15) is 23.3 Å². The fourth-order valence-corrected chi connectivity index (χ4v) is 1.06. The fourth-order valence-electron chi connectivity index (χ4n) is 1.06. The Balaban J connectivity index is 2.29. The molecule has 0 radical (unpaired) electrons. The van der Waals surface area contributed by atoms with Crippen LogP contribution in [0.5, 0.6) is 0 Å². The molecular formula is C10H15N3O. The number of nitrogens with zero attached hydrogens (tertiary/aromatic N) is 1. The quantitative estimate of drug-likeness (QED) is 0.671. The van der Waals surface area contributed by atoms with Crippen molar-refractivity contribution in [3.8, 4) is 0 Å². The number of carbonyl (C=O) groups is 1. The molecule has 0 aliphatic carbocycles. The molecule has 0 aliphatic rings. The summed E-state index contributed by atoms with van der Waals surface area (Å²) in [6, 6.07) is 5.27. The van der Waals surface area contributed by atoms with Gasteiger partial charge in [-0.15, -0.1) is 0 Å². The second-order valence-electron chi connectivity index (χ2n) is 2.97. The molecule has 4 heteroatoms. The van der Waals surface area contributed by atoms with Crippen molar-refractivity contribution in [3.63, 3.8) is 0 Å². The highest BCUT2D eigenvalue weighted by atomic mass is 16.1. The molecule has 3 N–H and O–H groups in total. The monoisotopic (exact) mass is 193 g/mol. The maximum atomic E-state index is 11.4. The van der Waals surface area contributed by atoms with Crippen molar-refractivity contribution in [2.45, 2.75) is 12.8 Å². The number of rotatable bonds is 5. The summed E-state index contributed by atoms with van der Waals surface area (Å²) in [6.45, 7) is 1.33. The van der Waals surface area contributed by atoms with Gasteiger partial charge in [-0.1, -0.05) is 6.07 Å². The van der Waals surface area contributed by atoms with Crippen LogP contribution in [0.25, 0.3) is 0 Å². The van der Waals surface area contributed by atoms with Gasteiger partial charge in [0.05, 0.1) is 0 Å². The standard InChI is InChI=1S/C10H15N3O/c11-6-2-4-8-13-10(14)9-5-1-3-7-12-9/h1,3,5,7H,2,4,6,8,11H2,(H,13,14). The summed E-state index contributed by atoms with van der Waals surface area (Å²) >= 11 is 0. The van der Waals surface area contributed by atoms with E-state index in [1.165, 1.54) is 0 Å². The summed E-state index contributed by atoms with van der Waals surface area (Å²) in [7, 11) is 0. The SMILES string of the molecule is NCCCCNC(=O)c1ccccn1. The van der Waals surface area contributed by atoms with Gasteiger partial charge in [0.15, 0.2) is 0 Å². The van der Waals surface area contributed by atoms with Crippen LogP contribution in [0.15, 0.2) is 24.4 Å². The summed E-state index contributed by atoms with van der Waals surface area (Å²) < 4.78 is 0. The lowest BCUT2D eigenvalue weighted by atomic mass is 10.3. The van der Waals surface area contributed by atoms with Gasteiger partial charge in [0.25, 0.3) is 5.91 Å². The Morgan fingerprint density at radius 2 is 2.29 bits per heavy atom. The van der Waals surface area contributed by atoms with Gasteiger partial charge in [-0.3, -0.25) is 9.78 Å². The minimum absolute atomic E-state index is 0.123. The Hall–Kier alpha value is -1.42. The highest BCUT2D eigenvalue weighted by Crippen LogP contribution is 1.93. The van der Waals surface area contributed by atoms with E-state index >= 15 is 0 Å². The summed E-state index contributed by atoms with van der Waals surface area (Å²) in [5, 5.41) is 2.78. The molecule has 1 rings (SSSR count). The van der Waals surface area contributed by atoms with Gasteiger partial charge in [-0.05, 0) is 31.5 Å². The zero-order valence-electron chi connectivity index (χ0n) is 8.07. The van der Waals surface area contributed by atoms with Crippen LogP contribution in [0.4, 0.5) is 0 Å². The van der Waals surface area contributed by atoms with Gasteiger partial charge >= 0.3 is 0 Å². The van der Waals surface area contributed by atoms with E-state index in [2.05, 4.69) is 10.3 Å². The van der Waals surface area contributed by atoms with Crippen LogP contribution >= 0.6 is 0 Å². The zero-order chi connectivity index (χ0) is 10.2. The smallest absolute Gasteiger partial charge is 0.269 e. The highest BCUT2D eigenvalue weighted by Gasteiger charge is 2.03. The molecule has 1 heterocycles. The maximum absolute atomic E-state index is 11.4. The first-order valence-corrected chi connectivity index (χ1v) is 4.74. The minimum atomic E-state index is -0.123. The largest absolute Gasteiger partial charge is 0.351 e. The van der Waals surface area contributed by atoms with Crippen LogP contribution in [0.3, 0.4) is 0 Å². The third kappa shape index (κ3) is 3.53. The van der Waals surface area contributed by atoms with Gasteiger partial charge < -0.3 is 11.1 Å². The molecule has 1 aromatic heterocycles. The van der Waals surface area contributed by atoms with Gasteiger partial charge in [0.2, 0.25) is 0 Å². The normalized spacial score (nSPS) is 9.79. The van der Waals surface area contributed by atoms with E-state index in [1.807, 2.05) is 0 Å². The number of pyridine rings is 1. The number of aromatic nitrogens is 1. The Morgan fingerprint density at radius 3 is 2.93 bits per heavy atom. The third-order valence-corrected chi connectivity index (χ3v) is 1.81. The Labute approximate surface area is 83.5 Å². The zero-order valence-corrected chi connectivity index (χ0v) is 8.07. The number of hydrogen-bond donors (Lipinski definition) is 2. The average molecular weight is 193 g/mol. The molecule has 0 unspecified atom stereocenters. The van der Waals surface area contributed by atoms with Gasteiger partial charge in [-0.2, -0.15) is 0 Å². The van der Waals surface area contributed by atoms with Crippen molar-refractivity contribution in [1.82, 2.24) is 10.3 Å². The number of unbranched alkanes of at least 4 members (excludes halogenated alkanes) is 1. The lowest BCUT2D eigenvalue weighted by molar-refractivity contribution is 0.0948. The summed E-state index contributed by atoms with van der Waals surface area (Å²) in [5.74, 6) is -0.123. The molecule has 0 saturated heterocycles. The lowest BCUT2D eigenvalue weighted by Crippen LogP contribution is -2.25. The number of carbonyl (C=O) groups excluding carboxylic acids is 1. The average Bonchev–Trinajstić information content (AvgIpc) is 2.25. The first kappa shape index (κ1) is 10.7. The summed E-state index contributed by atoms with van der Waals surface area (Å²) in [6.07, 6.45) is 3.45. The van der Waals surface area contributed by atoms with Crippen LogP contribution in [0.2, 0.25) is 0 Å². The van der Waals surface area contributed by atoms with Crippen LogP contribution in [-0.4, -0.2) is 24.0 Å². The van der Waals surface area contributed by atoms with E-state index in [0.29, 0.717) is 18.8 Å². The van der Waals surface area contributed by atoms with Crippen molar-refractivity contribution in [2.24, 2.45) is 5.73 Å². The molecule has 0 aromatic carbocycles. The van der Waals surface area contributed by atoms with Crippen molar-refractivity contribution < 1.29 is 4.79 Å². The maximum Gasteiger partial charge on any atom is 0.269 e. The molecule has 0 aliphatic heterocycles. The van der Waals surface area contributed by atoms with Gasteiger partial charge in [-0.25, -0.2) is 0 Å². The predicted molar refractivity (Wildman–Crippen MR) is 54.9 cm³/mol. The third-order valence-electron chi connectivity index (χ3n) is 1.81. The molecule has 0 atom stereocenters. The van der Waals surface area contributed by atoms with E-state index in [9.17, 15) is 4.79 Å². The fraction of sp³-hybridized carbons (Fsp3) is 0.400. The first-order valence-electron chi connectivity index (χ1n) is 4.74. The molecule has 0 bridgehead atoms. The van der Waals surface area contributed by atoms with Crippen molar-refractivity contribution in [3.05, 3.63) is 30.1 Å². The molecule has 76 valence electrons. The van der Waals surface area contributed by atoms with E-state index < -0.39 is 0 Å². The molecule has 1 amide bonds. The molecule has 14 heavy (non-hydrogen) atoms. The Bertz CT molecular complexity index is 274. The van der Waals surface area contributed by atoms with Crippen LogP contribution in [0, 0.1) is 0 Å². The van der Waals surface area contributed by atoms with E-state index in [0.717, 1.165) is 12.8 Å². The number of hydrogen-bond acceptors (Lipinski definition) is 3. The second-order valence-corrected chi connectivity index (χ2v) is 2.97. The number of amides is 1. The van der Waals surface area contributed by atoms with Crippen LogP contribution < -0.4 is 11.1 Å². The first-order chi connectivity index (χ1) is 6.84. The summed E-state index contributed by atoms with van der Waals surface area (Å²) in [5.41, 5.74) is 5.79. The predicted octanol–water partition coefficient (Wildman–Crippen LogP) is 0.550. The molecule has 0 fully saturated rings. The topological polar surface area (TPSA) is 68.0 Å². The highest BCUT2D eigenvalue weighted by molar-refractivity contribution is 5.92. The molecule has 0 spiro atoms. The summed E-state index contributed by atoms with van der Waals surface area (Å²) in [4.78, 5) is 15.3. The Kier molecular flexibility index (Phi) is 4.64. The molecule has 0 saturated carbocycles. The number of nitrogens with two attached hydrogens (primary N) is 1. The van der Waals surface area contributed by atoms with Crippen LogP contribution in [-0.2, 0) is 0 Å². The van der Waals surface area contributed by atoms with Gasteiger partial charge in [0, 0.05) is 12.7 Å². The molecule has 4 nitrogen and oxygen atoms in total. The molecular weight excluding hydrogens is 178 g/mol. The minimum Gasteiger partial charge on any atom is -0.351 e. The van der Waals surface area contributed by atoms with Crippen molar-refractivity contribution >= 4 is 5.91 Å². The van der Waals surface area contributed by atoms with E-state index in [-0.39, 0.29) is 5.91 Å². The van der Waals surface area contributed by atoms with E-state index in [4.69, 9.17) is 5.73 Å². The lowest BCUT2D eigenvalue weighted by Gasteiger charge is -2.02. The second kappa shape index (κ2) is 6.10. The molecule has 1 aromatic rings.